The second-order valence-electron chi connectivity index (χ2n) is 4.46. The fraction of sp³-hybridized carbons (Fsp3) is 0.533. The van der Waals surface area contributed by atoms with Gasteiger partial charge >= 0.3 is 0 Å². The minimum atomic E-state index is 0.536. The van der Waals surface area contributed by atoms with E-state index in [4.69, 9.17) is 5.26 Å². The third-order valence-corrected chi connectivity index (χ3v) is 2.91. The Bertz CT molecular complexity index is 365. The molecule has 0 fully saturated rings. The number of hydrogen-bond acceptors (Lipinski definition) is 2. The Morgan fingerprint density at radius 3 is 2.71 bits per heavy atom. The Labute approximate surface area is 105 Å². The van der Waals surface area contributed by atoms with Gasteiger partial charge in [0, 0.05) is 11.7 Å². The smallest absolute Gasteiger partial charge is 0.0992 e. The molecule has 0 spiro atoms. The van der Waals surface area contributed by atoms with Crippen molar-refractivity contribution in [3.05, 3.63) is 29.8 Å². The van der Waals surface area contributed by atoms with Gasteiger partial charge in [0.05, 0.1) is 11.6 Å². The molecule has 92 valence electrons. The molecule has 0 radical (unpaired) electrons. The van der Waals surface area contributed by atoms with E-state index in [1.54, 1.807) is 0 Å². The van der Waals surface area contributed by atoms with Crippen LogP contribution in [0.15, 0.2) is 24.3 Å². The van der Waals surface area contributed by atoms with Crippen LogP contribution in [0.3, 0.4) is 0 Å². The Morgan fingerprint density at radius 1 is 1.24 bits per heavy atom. The summed E-state index contributed by atoms with van der Waals surface area (Å²) in [6.07, 6.45) is 6.09. The van der Waals surface area contributed by atoms with Crippen molar-refractivity contribution in [2.24, 2.45) is 0 Å². The Kier molecular flexibility index (Phi) is 6.17. The van der Waals surface area contributed by atoms with E-state index in [2.05, 4.69) is 25.2 Å². The first-order valence-corrected chi connectivity index (χ1v) is 6.56. The average molecular weight is 230 g/mol. The molecule has 0 saturated carbocycles. The van der Waals surface area contributed by atoms with Crippen LogP contribution >= 0.6 is 0 Å². The molecule has 0 heterocycles. The van der Waals surface area contributed by atoms with Gasteiger partial charge in [-0.1, -0.05) is 39.2 Å². The van der Waals surface area contributed by atoms with Crippen LogP contribution in [-0.4, -0.2) is 6.04 Å². The number of unbranched alkanes of at least 4 members (excludes halogenated alkanes) is 1. The lowest BCUT2D eigenvalue weighted by molar-refractivity contribution is 0.564. The van der Waals surface area contributed by atoms with Gasteiger partial charge in [0.1, 0.15) is 0 Å². The summed E-state index contributed by atoms with van der Waals surface area (Å²) in [6.45, 7) is 4.44. The highest BCUT2D eigenvalue weighted by atomic mass is 14.9. The molecule has 0 saturated heterocycles. The van der Waals surface area contributed by atoms with Crippen molar-refractivity contribution >= 4 is 5.69 Å². The lowest BCUT2D eigenvalue weighted by Crippen LogP contribution is -2.19. The molecule has 17 heavy (non-hydrogen) atoms. The van der Waals surface area contributed by atoms with E-state index in [1.165, 1.54) is 32.1 Å². The molecule has 0 aliphatic carbocycles. The molecule has 1 unspecified atom stereocenters. The maximum absolute atomic E-state index is 8.86. The molecule has 0 amide bonds. The van der Waals surface area contributed by atoms with Crippen LogP contribution in [0.4, 0.5) is 5.69 Å². The van der Waals surface area contributed by atoms with E-state index >= 15 is 0 Å². The van der Waals surface area contributed by atoms with E-state index in [0.29, 0.717) is 6.04 Å². The fourth-order valence-electron chi connectivity index (χ4n) is 2.00. The second kappa shape index (κ2) is 7.73. The van der Waals surface area contributed by atoms with Crippen LogP contribution in [0.1, 0.15) is 51.5 Å². The first-order valence-electron chi connectivity index (χ1n) is 6.56. The van der Waals surface area contributed by atoms with Crippen molar-refractivity contribution in [2.75, 3.05) is 5.32 Å². The van der Waals surface area contributed by atoms with Crippen molar-refractivity contribution in [1.29, 1.82) is 5.26 Å². The van der Waals surface area contributed by atoms with Gasteiger partial charge in [-0.15, -0.1) is 0 Å². The van der Waals surface area contributed by atoms with Gasteiger partial charge in [-0.3, -0.25) is 0 Å². The van der Waals surface area contributed by atoms with E-state index in [-0.39, 0.29) is 0 Å². The number of hydrogen-bond donors (Lipinski definition) is 1. The molecule has 2 heteroatoms. The van der Waals surface area contributed by atoms with Gasteiger partial charge in [0.2, 0.25) is 0 Å². The standard InChI is InChI=1S/C15H22N2/c1-3-5-9-14(7-4-2)17-15-10-6-8-13(11-15)12-16/h6,8,10-11,14,17H,3-5,7,9H2,1-2H3. The largest absolute Gasteiger partial charge is 0.382 e. The molecule has 0 bridgehead atoms. The summed E-state index contributed by atoms with van der Waals surface area (Å²) in [5.41, 5.74) is 1.79. The quantitative estimate of drug-likeness (QED) is 0.756. The van der Waals surface area contributed by atoms with Crippen molar-refractivity contribution in [3.8, 4) is 6.07 Å². The minimum Gasteiger partial charge on any atom is -0.382 e. The maximum Gasteiger partial charge on any atom is 0.0992 e. The second-order valence-corrected chi connectivity index (χ2v) is 4.46. The topological polar surface area (TPSA) is 35.8 Å². The molecular formula is C15H22N2. The summed E-state index contributed by atoms with van der Waals surface area (Å²) in [6, 6.07) is 10.4. The molecular weight excluding hydrogens is 208 g/mol. The molecule has 1 atom stereocenters. The first kappa shape index (κ1) is 13.6. The molecule has 2 nitrogen and oxygen atoms in total. The summed E-state index contributed by atoms with van der Waals surface area (Å²) < 4.78 is 0. The normalized spacial score (nSPS) is 11.8. The first-order chi connectivity index (χ1) is 8.30. The van der Waals surface area contributed by atoms with Gasteiger partial charge in [-0.05, 0) is 31.0 Å². The lowest BCUT2D eigenvalue weighted by atomic mass is 10.0. The van der Waals surface area contributed by atoms with Crippen LogP contribution in [0.2, 0.25) is 0 Å². The van der Waals surface area contributed by atoms with Gasteiger partial charge < -0.3 is 5.32 Å². The summed E-state index contributed by atoms with van der Waals surface area (Å²) in [5, 5.41) is 12.4. The van der Waals surface area contributed by atoms with Crippen LogP contribution in [0, 0.1) is 11.3 Å². The summed E-state index contributed by atoms with van der Waals surface area (Å²) >= 11 is 0. The molecule has 1 N–H and O–H groups in total. The Morgan fingerprint density at radius 2 is 2.06 bits per heavy atom. The highest BCUT2D eigenvalue weighted by Crippen LogP contribution is 2.16. The number of anilines is 1. The predicted molar refractivity (Wildman–Crippen MR) is 73.0 cm³/mol. The predicted octanol–water partition coefficient (Wildman–Crippen LogP) is 4.33. The van der Waals surface area contributed by atoms with Crippen LogP contribution < -0.4 is 5.32 Å². The Balaban J connectivity index is 2.61. The van der Waals surface area contributed by atoms with Gasteiger partial charge in [-0.2, -0.15) is 5.26 Å². The van der Waals surface area contributed by atoms with Gasteiger partial charge in [0.15, 0.2) is 0 Å². The Hall–Kier alpha value is -1.49. The summed E-state index contributed by atoms with van der Waals surface area (Å²) in [5.74, 6) is 0. The number of nitrogens with one attached hydrogen (secondary N) is 1. The molecule has 0 aromatic heterocycles. The highest BCUT2D eigenvalue weighted by molar-refractivity contribution is 5.49. The molecule has 1 rings (SSSR count). The molecule has 1 aromatic carbocycles. The monoisotopic (exact) mass is 230 g/mol. The van der Waals surface area contributed by atoms with E-state index < -0.39 is 0 Å². The van der Waals surface area contributed by atoms with Crippen LogP contribution in [-0.2, 0) is 0 Å². The van der Waals surface area contributed by atoms with Crippen molar-refractivity contribution in [2.45, 2.75) is 52.0 Å². The van der Waals surface area contributed by atoms with Crippen molar-refractivity contribution in [1.82, 2.24) is 0 Å². The van der Waals surface area contributed by atoms with Gasteiger partial charge in [0.25, 0.3) is 0 Å². The number of nitrogens with zero attached hydrogens (tertiary/aromatic N) is 1. The van der Waals surface area contributed by atoms with E-state index in [9.17, 15) is 0 Å². The van der Waals surface area contributed by atoms with Crippen molar-refractivity contribution < 1.29 is 0 Å². The van der Waals surface area contributed by atoms with Crippen LogP contribution in [0.5, 0.6) is 0 Å². The SMILES string of the molecule is CCCCC(CCC)Nc1cccc(C#N)c1. The van der Waals surface area contributed by atoms with E-state index in [1.807, 2.05) is 24.3 Å². The van der Waals surface area contributed by atoms with Gasteiger partial charge in [-0.25, -0.2) is 0 Å². The minimum absolute atomic E-state index is 0.536. The van der Waals surface area contributed by atoms with E-state index in [0.717, 1.165) is 11.3 Å². The van der Waals surface area contributed by atoms with Crippen LogP contribution in [0.25, 0.3) is 0 Å². The number of nitriles is 1. The lowest BCUT2D eigenvalue weighted by Gasteiger charge is -2.19. The molecule has 0 aliphatic rings. The third kappa shape index (κ3) is 4.91. The third-order valence-electron chi connectivity index (χ3n) is 2.91. The zero-order chi connectivity index (χ0) is 12.5. The summed E-state index contributed by atoms with van der Waals surface area (Å²) in [4.78, 5) is 0. The average Bonchev–Trinajstić information content (AvgIpc) is 2.36. The van der Waals surface area contributed by atoms with Crippen molar-refractivity contribution in [3.63, 3.8) is 0 Å². The molecule has 1 aromatic rings. The number of rotatable bonds is 7. The number of benzene rings is 1. The zero-order valence-electron chi connectivity index (χ0n) is 10.9. The highest BCUT2D eigenvalue weighted by Gasteiger charge is 2.07. The summed E-state index contributed by atoms with van der Waals surface area (Å²) in [7, 11) is 0. The fourth-order valence-corrected chi connectivity index (χ4v) is 2.00. The zero-order valence-corrected chi connectivity index (χ0v) is 10.9. The molecule has 0 aliphatic heterocycles. The maximum atomic E-state index is 8.86.